The van der Waals surface area contributed by atoms with Gasteiger partial charge in [-0.25, -0.2) is 9.78 Å². The van der Waals surface area contributed by atoms with E-state index in [1.807, 2.05) is 30.3 Å². The largest absolute Gasteiger partial charge is 0.394 e. The third-order valence-corrected chi connectivity index (χ3v) is 5.30. The van der Waals surface area contributed by atoms with Crippen molar-refractivity contribution in [3.05, 3.63) is 36.5 Å². The summed E-state index contributed by atoms with van der Waals surface area (Å²) in [5, 5.41) is 13.0. The number of piperidine rings is 1. The van der Waals surface area contributed by atoms with Crippen molar-refractivity contribution in [2.45, 2.75) is 25.8 Å². The van der Waals surface area contributed by atoms with E-state index in [0.717, 1.165) is 23.3 Å². The number of anilines is 1. The van der Waals surface area contributed by atoms with Crippen LogP contribution < -0.4 is 5.32 Å². The smallest absolute Gasteiger partial charge is 0.323 e. The summed E-state index contributed by atoms with van der Waals surface area (Å²) in [6.07, 6.45) is 3.79. The zero-order valence-electron chi connectivity index (χ0n) is 13.1. The first-order chi connectivity index (χ1) is 11.2. The molecule has 23 heavy (non-hydrogen) atoms. The molecular formula is C17H21N3O2S. The molecule has 0 bridgehead atoms. The third kappa shape index (κ3) is 3.54. The second-order valence-electron chi connectivity index (χ2n) is 5.89. The molecule has 122 valence electrons. The fourth-order valence-electron chi connectivity index (χ4n) is 3.01. The van der Waals surface area contributed by atoms with Crippen molar-refractivity contribution in [1.29, 1.82) is 0 Å². The van der Waals surface area contributed by atoms with Crippen LogP contribution in [0.15, 0.2) is 36.5 Å². The van der Waals surface area contributed by atoms with Crippen LogP contribution in [0.1, 0.15) is 19.8 Å². The van der Waals surface area contributed by atoms with Crippen LogP contribution in [0.2, 0.25) is 0 Å². The zero-order valence-corrected chi connectivity index (χ0v) is 13.9. The van der Waals surface area contributed by atoms with Crippen LogP contribution in [-0.4, -0.2) is 40.2 Å². The van der Waals surface area contributed by atoms with E-state index >= 15 is 0 Å². The van der Waals surface area contributed by atoms with Gasteiger partial charge in [0.25, 0.3) is 0 Å². The maximum atomic E-state index is 12.5. The Morgan fingerprint density at radius 1 is 1.43 bits per heavy atom. The SMILES string of the molecule is CC1CCCN(C(=O)Nc2ncc(-c3ccccc3)s2)C1CO. The second kappa shape index (κ2) is 7.10. The van der Waals surface area contributed by atoms with Gasteiger partial charge in [-0.1, -0.05) is 48.6 Å². The number of rotatable bonds is 3. The molecule has 3 rings (SSSR count). The van der Waals surface area contributed by atoms with Crippen molar-refractivity contribution in [2.24, 2.45) is 5.92 Å². The fraction of sp³-hybridized carbons (Fsp3) is 0.412. The van der Waals surface area contributed by atoms with Gasteiger partial charge in [0.15, 0.2) is 5.13 Å². The number of thiazole rings is 1. The Bertz CT molecular complexity index is 659. The monoisotopic (exact) mass is 331 g/mol. The van der Waals surface area contributed by atoms with Gasteiger partial charge in [-0.2, -0.15) is 0 Å². The molecular weight excluding hydrogens is 310 g/mol. The van der Waals surface area contributed by atoms with E-state index < -0.39 is 0 Å². The molecule has 1 aromatic carbocycles. The Balaban J connectivity index is 1.69. The molecule has 0 saturated carbocycles. The summed E-state index contributed by atoms with van der Waals surface area (Å²) < 4.78 is 0. The summed E-state index contributed by atoms with van der Waals surface area (Å²) in [6.45, 7) is 2.76. The van der Waals surface area contributed by atoms with E-state index in [0.29, 0.717) is 17.6 Å². The second-order valence-corrected chi connectivity index (χ2v) is 6.92. The van der Waals surface area contributed by atoms with E-state index in [2.05, 4.69) is 17.2 Å². The molecule has 2 heterocycles. The molecule has 1 aliphatic heterocycles. The van der Waals surface area contributed by atoms with Gasteiger partial charge in [0, 0.05) is 12.7 Å². The van der Waals surface area contributed by atoms with Crippen molar-refractivity contribution in [3.8, 4) is 10.4 Å². The number of nitrogens with zero attached hydrogens (tertiary/aromatic N) is 2. The van der Waals surface area contributed by atoms with Crippen molar-refractivity contribution in [2.75, 3.05) is 18.5 Å². The zero-order chi connectivity index (χ0) is 16.2. The number of aliphatic hydroxyl groups is 1. The van der Waals surface area contributed by atoms with Gasteiger partial charge >= 0.3 is 6.03 Å². The first kappa shape index (κ1) is 16.0. The van der Waals surface area contributed by atoms with Crippen molar-refractivity contribution in [3.63, 3.8) is 0 Å². The normalized spacial score (nSPS) is 21.2. The average Bonchev–Trinajstić information content (AvgIpc) is 3.04. The van der Waals surface area contributed by atoms with E-state index in [4.69, 9.17) is 0 Å². The molecule has 0 radical (unpaired) electrons. The summed E-state index contributed by atoms with van der Waals surface area (Å²) in [5.41, 5.74) is 1.09. The Labute approximate surface area is 140 Å². The van der Waals surface area contributed by atoms with Gasteiger partial charge in [0.1, 0.15) is 0 Å². The number of benzene rings is 1. The van der Waals surface area contributed by atoms with Crippen molar-refractivity contribution in [1.82, 2.24) is 9.88 Å². The summed E-state index contributed by atoms with van der Waals surface area (Å²) in [4.78, 5) is 19.5. The third-order valence-electron chi connectivity index (χ3n) is 4.34. The molecule has 6 heteroatoms. The first-order valence-electron chi connectivity index (χ1n) is 7.88. The van der Waals surface area contributed by atoms with Crippen LogP contribution in [0, 0.1) is 5.92 Å². The molecule has 1 aromatic heterocycles. The van der Waals surface area contributed by atoms with Crippen LogP contribution in [-0.2, 0) is 0 Å². The number of likely N-dealkylation sites (tertiary alicyclic amines) is 1. The molecule has 5 nitrogen and oxygen atoms in total. The maximum Gasteiger partial charge on any atom is 0.323 e. The van der Waals surface area contributed by atoms with Crippen molar-refractivity contribution < 1.29 is 9.90 Å². The molecule has 2 unspecified atom stereocenters. The summed E-state index contributed by atoms with van der Waals surface area (Å²) in [7, 11) is 0. The molecule has 1 saturated heterocycles. The Hall–Kier alpha value is -1.92. The van der Waals surface area contributed by atoms with Crippen LogP contribution >= 0.6 is 11.3 Å². The molecule has 1 aliphatic rings. The number of aromatic nitrogens is 1. The van der Waals surface area contributed by atoms with Crippen LogP contribution in [0.5, 0.6) is 0 Å². The fourth-order valence-corrected chi connectivity index (χ4v) is 3.82. The van der Waals surface area contributed by atoms with Gasteiger partial charge in [0.05, 0.1) is 17.5 Å². The number of amides is 2. The van der Waals surface area contributed by atoms with E-state index in [9.17, 15) is 9.90 Å². The van der Waals surface area contributed by atoms with E-state index in [1.54, 1.807) is 11.1 Å². The summed E-state index contributed by atoms with van der Waals surface area (Å²) >= 11 is 1.46. The molecule has 2 aromatic rings. The van der Waals surface area contributed by atoms with Crippen LogP contribution in [0.25, 0.3) is 10.4 Å². The number of hydrogen-bond acceptors (Lipinski definition) is 4. The Morgan fingerprint density at radius 3 is 2.96 bits per heavy atom. The average molecular weight is 331 g/mol. The van der Waals surface area contributed by atoms with Crippen LogP contribution in [0.4, 0.5) is 9.93 Å². The maximum absolute atomic E-state index is 12.5. The highest BCUT2D eigenvalue weighted by Gasteiger charge is 2.31. The topological polar surface area (TPSA) is 65.5 Å². The molecule has 2 amide bonds. The molecule has 0 aliphatic carbocycles. The van der Waals surface area contributed by atoms with Gasteiger partial charge in [-0.15, -0.1) is 0 Å². The van der Waals surface area contributed by atoms with E-state index in [-0.39, 0.29) is 18.7 Å². The Kier molecular flexibility index (Phi) is 4.93. The Morgan fingerprint density at radius 2 is 2.22 bits per heavy atom. The van der Waals surface area contributed by atoms with Gasteiger partial charge in [0.2, 0.25) is 0 Å². The predicted molar refractivity (Wildman–Crippen MR) is 92.5 cm³/mol. The van der Waals surface area contributed by atoms with Gasteiger partial charge in [-0.3, -0.25) is 5.32 Å². The highest BCUT2D eigenvalue weighted by atomic mass is 32.1. The molecule has 2 atom stereocenters. The highest BCUT2D eigenvalue weighted by Crippen LogP contribution is 2.29. The summed E-state index contributed by atoms with van der Waals surface area (Å²) in [5.74, 6) is 0.315. The first-order valence-corrected chi connectivity index (χ1v) is 8.70. The molecule has 2 N–H and O–H groups in total. The number of hydrogen-bond donors (Lipinski definition) is 2. The minimum atomic E-state index is -0.176. The van der Waals surface area contributed by atoms with Gasteiger partial charge in [-0.05, 0) is 24.3 Å². The molecule has 1 fully saturated rings. The molecule has 0 spiro atoms. The minimum absolute atomic E-state index is 0.00171. The predicted octanol–water partition coefficient (Wildman–Crippen LogP) is 3.43. The quantitative estimate of drug-likeness (QED) is 0.905. The number of nitrogens with one attached hydrogen (secondary N) is 1. The lowest BCUT2D eigenvalue weighted by atomic mass is 9.91. The lowest BCUT2D eigenvalue weighted by Crippen LogP contribution is -2.51. The van der Waals surface area contributed by atoms with Gasteiger partial charge < -0.3 is 10.0 Å². The number of carbonyl (C=O) groups is 1. The number of aliphatic hydroxyl groups excluding tert-OH is 1. The standard InChI is InChI=1S/C17H21N3O2S/c1-12-6-5-9-20(14(12)11-21)17(22)19-16-18-10-15(23-16)13-7-3-2-4-8-13/h2-4,7-8,10,12,14,21H,5-6,9,11H2,1H3,(H,18,19,22). The number of urea groups is 1. The lowest BCUT2D eigenvalue weighted by molar-refractivity contribution is 0.0811. The highest BCUT2D eigenvalue weighted by molar-refractivity contribution is 7.19. The van der Waals surface area contributed by atoms with Crippen molar-refractivity contribution >= 4 is 22.5 Å². The lowest BCUT2D eigenvalue weighted by Gasteiger charge is -2.38. The number of carbonyl (C=O) groups excluding carboxylic acids is 1. The minimum Gasteiger partial charge on any atom is -0.394 e. The summed E-state index contributed by atoms with van der Waals surface area (Å²) in [6, 6.07) is 9.69. The van der Waals surface area contributed by atoms with E-state index in [1.165, 1.54) is 11.3 Å². The van der Waals surface area contributed by atoms with Crippen LogP contribution in [0.3, 0.4) is 0 Å².